The summed E-state index contributed by atoms with van der Waals surface area (Å²) in [6.07, 6.45) is 2.05. The van der Waals surface area contributed by atoms with Crippen LogP contribution in [0.5, 0.6) is 0 Å². The molecule has 1 aromatic heterocycles. The van der Waals surface area contributed by atoms with Gasteiger partial charge in [0, 0.05) is 13.1 Å². The summed E-state index contributed by atoms with van der Waals surface area (Å²) in [7, 11) is 0. The third-order valence-corrected chi connectivity index (χ3v) is 3.20. The Kier molecular flexibility index (Phi) is 2.97. The molecule has 4 heteroatoms. The number of nitrogens with zero attached hydrogens (tertiary/aromatic N) is 2. The lowest BCUT2D eigenvalue weighted by molar-refractivity contribution is -0.0308. The molecule has 1 aliphatic rings. The number of aromatic nitrogens is 2. The van der Waals surface area contributed by atoms with Crippen LogP contribution < -0.4 is 5.32 Å². The number of benzene rings is 1. The predicted octanol–water partition coefficient (Wildman–Crippen LogP) is 1.99. The van der Waals surface area contributed by atoms with Crippen LogP contribution in [-0.4, -0.2) is 29.2 Å². The Balaban J connectivity index is 1.96. The lowest BCUT2D eigenvalue weighted by atomic mass is 10.1. The zero-order chi connectivity index (χ0) is 12.5. The molecule has 3 rings (SSSR count). The summed E-state index contributed by atoms with van der Waals surface area (Å²) in [6, 6.07) is 6.12. The molecule has 0 radical (unpaired) electrons. The van der Waals surface area contributed by atoms with Gasteiger partial charge in [-0.25, -0.2) is 4.98 Å². The van der Waals surface area contributed by atoms with Crippen molar-refractivity contribution in [3.63, 3.8) is 0 Å². The lowest BCUT2D eigenvalue weighted by Crippen LogP contribution is -2.39. The van der Waals surface area contributed by atoms with Crippen molar-refractivity contribution >= 4 is 11.0 Å². The highest BCUT2D eigenvalue weighted by Crippen LogP contribution is 2.21. The van der Waals surface area contributed by atoms with Crippen LogP contribution in [0.25, 0.3) is 11.0 Å². The predicted molar refractivity (Wildman–Crippen MR) is 70.4 cm³/mol. The van der Waals surface area contributed by atoms with Crippen LogP contribution in [0, 0.1) is 6.92 Å². The first-order valence-corrected chi connectivity index (χ1v) is 6.32. The molecule has 1 aromatic carbocycles. The molecule has 0 amide bonds. The molecule has 1 saturated heterocycles. The monoisotopic (exact) mass is 243 g/mol. The highest BCUT2D eigenvalue weighted by molar-refractivity contribution is 5.74. The van der Waals surface area contributed by atoms with E-state index < -0.39 is 0 Å². The van der Waals surface area contributed by atoms with Gasteiger partial charge >= 0.3 is 0 Å². The van der Waals surface area contributed by atoms with Gasteiger partial charge in [-0.2, -0.15) is 0 Å². The summed E-state index contributed by atoms with van der Waals surface area (Å²) in [6.45, 7) is 5.83. The molecule has 18 heavy (non-hydrogen) atoms. The van der Waals surface area contributed by atoms with Gasteiger partial charge in [-0.3, -0.25) is 4.98 Å². The number of rotatable bonds is 1. The van der Waals surface area contributed by atoms with E-state index in [0.29, 0.717) is 0 Å². The minimum atomic E-state index is 0.00571. The topological polar surface area (TPSA) is 47.0 Å². The van der Waals surface area contributed by atoms with Crippen LogP contribution in [-0.2, 0) is 4.74 Å². The Bertz CT molecular complexity index is 570. The first-order valence-electron chi connectivity index (χ1n) is 6.32. The van der Waals surface area contributed by atoms with Crippen molar-refractivity contribution in [3.8, 4) is 0 Å². The second kappa shape index (κ2) is 4.63. The number of hydrogen-bond donors (Lipinski definition) is 1. The quantitative estimate of drug-likeness (QED) is 0.832. The third kappa shape index (κ3) is 2.21. The van der Waals surface area contributed by atoms with Gasteiger partial charge in [0.25, 0.3) is 0 Å². The summed E-state index contributed by atoms with van der Waals surface area (Å²) in [5.74, 6) is 0. The van der Waals surface area contributed by atoms with Gasteiger partial charge in [0.2, 0.25) is 0 Å². The van der Waals surface area contributed by atoms with Crippen molar-refractivity contribution < 1.29 is 4.74 Å². The normalized spacial score (nSPS) is 24.3. The zero-order valence-electron chi connectivity index (χ0n) is 10.7. The Morgan fingerprint density at radius 1 is 1.28 bits per heavy atom. The van der Waals surface area contributed by atoms with E-state index in [-0.39, 0.29) is 12.2 Å². The first kappa shape index (κ1) is 11.6. The Morgan fingerprint density at radius 2 is 2.17 bits per heavy atom. The average Bonchev–Trinajstić information content (AvgIpc) is 2.38. The molecule has 0 aliphatic carbocycles. The van der Waals surface area contributed by atoms with Gasteiger partial charge in [-0.1, -0.05) is 6.07 Å². The summed E-state index contributed by atoms with van der Waals surface area (Å²) in [4.78, 5) is 9.12. The van der Waals surface area contributed by atoms with Crippen LogP contribution in [0.4, 0.5) is 0 Å². The van der Waals surface area contributed by atoms with Gasteiger partial charge in [0.1, 0.15) is 6.10 Å². The molecular weight excluding hydrogens is 226 g/mol. The second-order valence-corrected chi connectivity index (χ2v) is 4.88. The number of aryl methyl sites for hydroxylation is 1. The highest BCUT2D eigenvalue weighted by atomic mass is 16.5. The van der Waals surface area contributed by atoms with E-state index in [4.69, 9.17) is 4.74 Å². The Morgan fingerprint density at radius 3 is 3.00 bits per heavy atom. The molecule has 2 aromatic rings. The number of nitrogens with one attached hydrogen (secondary N) is 1. The van der Waals surface area contributed by atoms with Gasteiger partial charge in [-0.15, -0.1) is 0 Å². The molecule has 0 saturated carbocycles. The first-order chi connectivity index (χ1) is 8.72. The lowest BCUT2D eigenvalue weighted by Gasteiger charge is -2.28. The molecule has 2 heterocycles. The molecular formula is C14H17N3O. The van der Waals surface area contributed by atoms with E-state index in [1.807, 2.05) is 12.3 Å². The van der Waals surface area contributed by atoms with E-state index in [1.54, 1.807) is 0 Å². The maximum Gasteiger partial charge on any atom is 0.114 e. The van der Waals surface area contributed by atoms with Gasteiger partial charge in [0.05, 0.1) is 29.0 Å². The summed E-state index contributed by atoms with van der Waals surface area (Å²) in [5, 5.41) is 3.35. The minimum Gasteiger partial charge on any atom is -0.366 e. The average molecular weight is 243 g/mol. The standard InChI is InChI=1S/C14H17N3O/c1-9-3-4-11-12(5-9)17-13(7-16-11)14-8-15-6-10(2)18-14/h3-5,7,10,14-15H,6,8H2,1-2H3. The molecule has 0 spiro atoms. The van der Waals surface area contributed by atoms with Crippen molar-refractivity contribution in [3.05, 3.63) is 35.7 Å². The van der Waals surface area contributed by atoms with Crippen LogP contribution in [0.2, 0.25) is 0 Å². The molecule has 1 fully saturated rings. The summed E-state index contributed by atoms with van der Waals surface area (Å²) in [5.41, 5.74) is 3.98. The summed E-state index contributed by atoms with van der Waals surface area (Å²) >= 11 is 0. The molecule has 2 atom stereocenters. The van der Waals surface area contributed by atoms with Crippen molar-refractivity contribution in [1.82, 2.24) is 15.3 Å². The smallest absolute Gasteiger partial charge is 0.114 e. The van der Waals surface area contributed by atoms with Crippen LogP contribution in [0.15, 0.2) is 24.4 Å². The number of ether oxygens (including phenoxy) is 1. The van der Waals surface area contributed by atoms with E-state index in [9.17, 15) is 0 Å². The molecule has 1 N–H and O–H groups in total. The fourth-order valence-electron chi connectivity index (χ4n) is 2.26. The van der Waals surface area contributed by atoms with Crippen LogP contribution in [0.1, 0.15) is 24.3 Å². The van der Waals surface area contributed by atoms with Gasteiger partial charge in [0.15, 0.2) is 0 Å². The van der Waals surface area contributed by atoms with Crippen LogP contribution >= 0.6 is 0 Å². The van der Waals surface area contributed by atoms with E-state index in [0.717, 1.165) is 29.8 Å². The minimum absolute atomic E-state index is 0.00571. The molecule has 0 bridgehead atoms. The van der Waals surface area contributed by atoms with Crippen molar-refractivity contribution in [2.75, 3.05) is 13.1 Å². The fraction of sp³-hybridized carbons (Fsp3) is 0.429. The van der Waals surface area contributed by atoms with Crippen molar-refractivity contribution in [2.45, 2.75) is 26.1 Å². The van der Waals surface area contributed by atoms with Gasteiger partial charge < -0.3 is 10.1 Å². The molecule has 1 aliphatic heterocycles. The number of fused-ring (bicyclic) bond motifs is 1. The number of hydrogen-bond acceptors (Lipinski definition) is 4. The third-order valence-electron chi connectivity index (χ3n) is 3.20. The van der Waals surface area contributed by atoms with E-state index in [2.05, 4.69) is 41.3 Å². The van der Waals surface area contributed by atoms with E-state index >= 15 is 0 Å². The molecule has 94 valence electrons. The van der Waals surface area contributed by atoms with Crippen LogP contribution in [0.3, 0.4) is 0 Å². The number of morpholine rings is 1. The Labute approximate surface area is 106 Å². The fourth-order valence-corrected chi connectivity index (χ4v) is 2.26. The van der Waals surface area contributed by atoms with E-state index in [1.165, 1.54) is 5.56 Å². The zero-order valence-corrected chi connectivity index (χ0v) is 10.7. The molecule has 4 nitrogen and oxygen atoms in total. The maximum absolute atomic E-state index is 5.89. The molecule has 2 unspecified atom stereocenters. The highest BCUT2D eigenvalue weighted by Gasteiger charge is 2.21. The SMILES string of the molecule is Cc1ccc2ncc(C3CNCC(C)O3)nc2c1. The second-order valence-electron chi connectivity index (χ2n) is 4.88. The summed E-state index contributed by atoms with van der Waals surface area (Å²) < 4.78 is 5.89. The largest absolute Gasteiger partial charge is 0.366 e. The van der Waals surface area contributed by atoms with Crippen molar-refractivity contribution in [1.29, 1.82) is 0 Å². The van der Waals surface area contributed by atoms with Gasteiger partial charge in [-0.05, 0) is 31.5 Å². The Hall–Kier alpha value is -1.52. The van der Waals surface area contributed by atoms with Crippen molar-refractivity contribution in [2.24, 2.45) is 0 Å². The maximum atomic E-state index is 5.89.